The second-order valence-electron chi connectivity index (χ2n) is 4.21. The molecule has 1 radical (unpaired) electrons. The van der Waals surface area contributed by atoms with Crippen molar-refractivity contribution in [3.63, 3.8) is 0 Å². The molecule has 0 fully saturated rings. The highest BCUT2D eigenvalue weighted by Crippen LogP contribution is 2.36. The highest BCUT2D eigenvalue weighted by atomic mass is 14.2. The molecule has 3 aromatic carbocycles. The maximum absolute atomic E-state index is 3.33. The standard InChI is InChI=1S/C15H9/c1-2-4-11-8-14-12(7-10(11)3-1)5-6-13-9-15(13)14/h1-5,7-8H,9H2. The predicted molar refractivity (Wildman–Crippen MR) is 63.1 cm³/mol. The first-order valence-corrected chi connectivity index (χ1v) is 5.27. The Balaban J connectivity index is 2.25. The molecular weight excluding hydrogens is 180 g/mol. The van der Waals surface area contributed by atoms with Gasteiger partial charge < -0.3 is 0 Å². The van der Waals surface area contributed by atoms with Crippen molar-refractivity contribution in [3.05, 3.63) is 59.7 Å². The van der Waals surface area contributed by atoms with Gasteiger partial charge in [0.2, 0.25) is 0 Å². The topological polar surface area (TPSA) is 0 Å². The Morgan fingerprint density at radius 3 is 2.60 bits per heavy atom. The second-order valence-corrected chi connectivity index (χ2v) is 4.21. The lowest BCUT2D eigenvalue weighted by Crippen LogP contribution is -1.75. The second kappa shape index (κ2) is 2.40. The van der Waals surface area contributed by atoms with Crippen LogP contribution in [0.1, 0.15) is 11.1 Å². The molecule has 0 unspecified atom stereocenters. The number of hydrogen-bond acceptors (Lipinski definition) is 0. The summed E-state index contributed by atoms with van der Waals surface area (Å²) in [6.45, 7) is 0. The molecule has 0 aromatic heterocycles. The van der Waals surface area contributed by atoms with Crippen molar-refractivity contribution in [2.45, 2.75) is 6.42 Å². The van der Waals surface area contributed by atoms with E-state index in [1.807, 2.05) is 0 Å². The number of fused-ring (bicyclic) bond motifs is 4. The van der Waals surface area contributed by atoms with Crippen molar-refractivity contribution < 1.29 is 0 Å². The number of benzene rings is 3. The van der Waals surface area contributed by atoms with Gasteiger partial charge in [-0.15, -0.1) is 0 Å². The molecule has 0 N–H and O–H groups in total. The van der Waals surface area contributed by atoms with Crippen LogP contribution in [-0.2, 0) is 6.42 Å². The van der Waals surface area contributed by atoms with Crippen LogP contribution in [0.3, 0.4) is 0 Å². The predicted octanol–water partition coefficient (Wildman–Crippen LogP) is 3.70. The molecule has 15 heavy (non-hydrogen) atoms. The van der Waals surface area contributed by atoms with E-state index in [0.29, 0.717) is 0 Å². The highest BCUT2D eigenvalue weighted by Gasteiger charge is 2.19. The summed E-state index contributed by atoms with van der Waals surface area (Å²) in [7, 11) is 0. The fraction of sp³-hybridized carbons (Fsp3) is 0.0667. The minimum Gasteiger partial charge on any atom is -0.0616 e. The van der Waals surface area contributed by atoms with Crippen LogP contribution in [0.5, 0.6) is 0 Å². The van der Waals surface area contributed by atoms with E-state index in [4.69, 9.17) is 0 Å². The fourth-order valence-electron chi connectivity index (χ4n) is 2.33. The maximum Gasteiger partial charge on any atom is -0.000729 e. The largest absolute Gasteiger partial charge is 0.0616 e. The average Bonchev–Trinajstić information content (AvgIpc) is 3.06. The van der Waals surface area contributed by atoms with E-state index >= 15 is 0 Å². The van der Waals surface area contributed by atoms with E-state index in [-0.39, 0.29) is 0 Å². The van der Waals surface area contributed by atoms with Crippen LogP contribution in [0.15, 0.2) is 42.5 Å². The molecule has 0 saturated heterocycles. The van der Waals surface area contributed by atoms with Crippen LogP contribution >= 0.6 is 0 Å². The van der Waals surface area contributed by atoms with E-state index < -0.39 is 0 Å². The third kappa shape index (κ3) is 0.964. The van der Waals surface area contributed by atoms with E-state index in [2.05, 4.69) is 48.5 Å². The Kier molecular flexibility index (Phi) is 1.20. The van der Waals surface area contributed by atoms with E-state index in [1.54, 1.807) is 0 Å². The van der Waals surface area contributed by atoms with Gasteiger partial charge in [-0.1, -0.05) is 24.3 Å². The van der Waals surface area contributed by atoms with Gasteiger partial charge in [-0.2, -0.15) is 0 Å². The third-order valence-corrected chi connectivity index (χ3v) is 3.24. The molecule has 3 aromatic rings. The lowest BCUT2D eigenvalue weighted by Gasteiger charge is -2.00. The van der Waals surface area contributed by atoms with Crippen molar-refractivity contribution in [1.82, 2.24) is 0 Å². The van der Waals surface area contributed by atoms with Crippen LogP contribution in [0.25, 0.3) is 21.5 Å². The van der Waals surface area contributed by atoms with Gasteiger partial charge in [0.05, 0.1) is 0 Å². The molecule has 0 heterocycles. The molecule has 0 spiro atoms. The number of hydrogen-bond donors (Lipinski definition) is 0. The van der Waals surface area contributed by atoms with Gasteiger partial charge in [-0.3, -0.25) is 0 Å². The van der Waals surface area contributed by atoms with Crippen molar-refractivity contribution in [3.8, 4) is 0 Å². The maximum atomic E-state index is 3.33. The molecule has 4 rings (SSSR count). The van der Waals surface area contributed by atoms with Gasteiger partial charge in [-0.05, 0) is 63.4 Å². The molecule has 0 aliphatic heterocycles. The minimum atomic E-state index is 1.14. The number of rotatable bonds is 0. The van der Waals surface area contributed by atoms with Crippen molar-refractivity contribution in [2.24, 2.45) is 0 Å². The van der Waals surface area contributed by atoms with Crippen LogP contribution in [0.4, 0.5) is 0 Å². The molecule has 1 aliphatic rings. The molecule has 0 saturated carbocycles. The van der Waals surface area contributed by atoms with Crippen molar-refractivity contribution >= 4 is 21.5 Å². The normalized spacial score (nSPS) is 13.1. The zero-order valence-corrected chi connectivity index (χ0v) is 8.25. The summed E-state index contributed by atoms with van der Waals surface area (Å²) in [4.78, 5) is 0. The molecule has 0 bridgehead atoms. The summed E-state index contributed by atoms with van der Waals surface area (Å²) in [6.07, 6.45) is 1.14. The monoisotopic (exact) mass is 189 g/mol. The van der Waals surface area contributed by atoms with Crippen molar-refractivity contribution in [1.29, 1.82) is 0 Å². The van der Waals surface area contributed by atoms with E-state index in [0.717, 1.165) is 6.42 Å². The highest BCUT2D eigenvalue weighted by molar-refractivity contribution is 6.01. The quantitative estimate of drug-likeness (QED) is 0.370. The zero-order valence-electron chi connectivity index (χ0n) is 8.25. The van der Waals surface area contributed by atoms with Crippen LogP contribution in [0, 0.1) is 6.07 Å². The minimum absolute atomic E-state index is 1.14. The van der Waals surface area contributed by atoms with Gasteiger partial charge >= 0.3 is 0 Å². The van der Waals surface area contributed by atoms with Gasteiger partial charge in [0.1, 0.15) is 0 Å². The molecule has 0 atom stereocenters. The summed E-state index contributed by atoms with van der Waals surface area (Å²) in [5, 5.41) is 5.40. The third-order valence-electron chi connectivity index (χ3n) is 3.24. The lowest BCUT2D eigenvalue weighted by atomic mass is 10.0. The Morgan fingerprint density at radius 2 is 1.73 bits per heavy atom. The first-order valence-electron chi connectivity index (χ1n) is 5.27. The SMILES string of the molecule is [c]1cc2cc3ccccc3cc2c2c1C2. The Hall–Kier alpha value is -1.82. The Morgan fingerprint density at radius 1 is 0.933 bits per heavy atom. The summed E-state index contributed by atoms with van der Waals surface area (Å²) < 4.78 is 0. The summed E-state index contributed by atoms with van der Waals surface area (Å²) in [5.41, 5.74) is 2.90. The molecule has 69 valence electrons. The molecule has 0 nitrogen and oxygen atoms in total. The van der Waals surface area contributed by atoms with Gasteiger partial charge in [0.15, 0.2) is 0 Å². The average molecular weight is 189 g/mol. The van der Waals surface area contributed by atoms with Crippen LogP contribution < -0.4 is 0 Å². The molecule has 1 aliphatic carbocycles. The first-order chi connectivity index (χ1) is 7.42. The van der Waals surface area contributed by atoms with E-state index in [1.165, 1.54) is 32.7 Å². The molecule has 0 amide bonds. The van der Waals surface area contributed by atoms with E-state index in [9.17, 15) is 0 Å². The van der Waals surface area contributed by atoms with Gasteiger partial charge in [0.25, 0.3) is 0 Å². The zero-order chi connectivity index (χ0) is 9.83. The van der Waals surface area contributed by atoms with Crippen LogP contribution in [0.2, 0.25) is 0 Å². The lowest BCUT2D eigenvalue weighted by molar-refractivity contribution is 1.61. The van der Waals surface area contributed by atoms with Gasteiger partial charge in [0, 0.05) is 0 Å². The van der Waals surface area contributed by atoms with Crippen LogP contribution in [-0.4, -0.2) is 0 Å². The molecule has 0 heteroatoms. The first kappa shape index (κ1) is 7.47. The smallest absolute Gasteiger partial charge is 0.000729 e. The fourth-order valence-corrected chi connectivity index (χ4v) is 2.33. The van der Waals surface area contributed by atoms with Gasteiger partial charge in [-0.25, -0.2) is 0 Å². The summed E-state index contributed by atoms with van der Waals surface area (Å²) in [6, 6.07) is 18.6. The molecular formula is C15H9. The van der Waals surface area contributed by atoms with Crippen molar-refractivity contribution in [2.75, 3.05) is 0 Å². The summed E-state index contributed by atoms with van der Waals surface area (Å²) in [5.74, 6) is 0. The Labute approximate surface area is 88.2 Å². The summed E-state index contributed by atoms with van der Waals surface area (Å²) >= 11 is 0. The Bertz CT molecular complexity index is 693.